The zero-order valence-electron chi connectivity index (χ0n) is 16.1. The quantitative estimate of drug-likeness (QED) is 0.611. The molecule has 0 saturated carbocycles. The Kier molecular flexibility index (Phi) is 10.7. The predicted octanol–water partition coefficient (Wildman–Crippen LogP) is 3.98. The summed E-state index contributed by atoms with van der Waals surface area (Å²) in [5.41, 5.74) is 6.18. The van der Waals surface area contributed by atoms with Gasteiger partial charge in [-0.25, -0.2) is 0 Å². The van der Waals surface area contributed by atoms with Crippen LogP contribution in [0.5, 0.6) is 0 Å². The topological polar surface area (TPSA) is 37.3 Å². The molecule has 1 N–H and O–H groups in total. The molecule has 0 bridgehead atoms. The van der Waals surface area contributed by atoms with Gasteiger partial charge >= 0.3 is 0 Å². The van der Waals surface area contributed by atoms with Crippen molar-refractivity contribution < 1.29 is 9.90 Å². The minimum Gasteiger partial charge on any atom is -0.380 e. The maximum atomic E-state index is 11.0. The highest BCUT2D eigenvalue weighted by Crippen LogP contribution is 2.01. The molecule has 0 saturated heterocycles. The molecule has 0 fully saturated rings. The number of hydrogen-bond acceptors (Lipinski definition) is 2. The first kappa shape index (κ1) is 23.4. The van der Waals surface area contributed by atoms with Crippen LogP contribution < -0.4 is 0 Å². The van der Waals surface area contributed by atoms with Gasteiger partial charge in [-0.1, -0.05) is 72.9 Å². The number of carbonyl (C=O) groups is 1. The van der Waals surface area contributed by atoms with Gasteiger partial charge in [-0.15, -0.1) is 11.1 Å². The number of hydrogen-bond donors (Lipinski definition) is 1. The van der Waals surface area contributed by atoms with E-state index in [4.69, 9.17) is 0 Å². The van der Waals surface area contributed by atoms with Crippen molar-refractivity contribution in [2.24, 2.45) is 11.8 Å². The molecule has 2 nitrogen and oxygen atoms in total. The Hall–Kier alpha value is -0.816. The Labute approximate surface area is 140 Å². The van der Waals surface area contributed by atoms with E-state index in [0.29, 0.717) is 0 Å². The first-order valence-electron chi connectivity index (χ1n) is 7.93. The zero-order chi connectivity index (χ0) is 18.1. The maximum Gasteiger partial charge on any atom is 0.207 e. The fraction of sp³-hybridized carbons (Fsp3) is 0.722. The molecule has 0 radical (unpaired) electrons. The highest BCUT2D eigenvalue weighted by Gasteiger charge is 2.10. The van der Waals surface area contributed by atoms with Crippen LogP contribution in [0.25, 0.3) is 0 Å². The molecule has 1 atom stereocenters. The van der Waals surface area contributed by atoms with Gasteiger partial charge < -0.3 is 5.11 Å². The molecule has 0 aromatic carbocycles. The number of aliphatic hydroxyl groups excluding tert-OH is 1. The summed E-state index contributed by atoms with van der Waals surface area (Å²) in [5.74, 6) is 5.95. The van der Waals surface area contributed by atoms with Crippen LogP contribution in [0, 0.1) is 34.8 Å². The van der Waals surface area contributed by atoms with Crippen molar-refractivity contribution in [3.8, 4) is 22.9 Å². The largest absolute Gasteiger partial charge is 0.380 e. The smallest absolute Gasteiger partial charge is 0.207 e. The van der Waals surface area contributed by atoms with Gasteiger partial charge in [-0.3, -0.25) is 4.79 Å². The van der Waals surface area contributed by atoms with Gasteiger partial charge in [0.05, 0.1) is 0 Å². The Morgan fingerprint density at radius 3 is 1.55 bits per heavy atom. The lowest BCUT2D eigenvalue weighted by molar-refractivity contribution is -0.116. The first-order valence-corrected chi connectivity index (χ1v) is 14.9. The van der Waals surface area contributed by atoms with Crippen molar-refractivity contribution in [1.82, 2.24) is 0 Å². The molecule has 0 amide bonds. The highest BCUT2D eigenvalue weighted by molar-refractivity contribution is 6.84. The Morgan fingerprint density at radius 2 is 1.27 bits per heavy atom. The molecule has 0 aliphatic rings. The van der Waals surface area contributed by atoms with E-state index in [0.717, 1.165) is 0 Å². The normalized spacial score (nSPS) is 12.4. The number of carbonyl (C=O) groups excluding carboxylic acids is 1. The van der Waals surface area contributed by atoms with Crippen LogP contribution in [0.4, 0.5) is 0 Å². The van der Waals surface area contributed by atoms with E-state index in [-0.39, 0.29) is 17.6 Å². The van der Waals surface area contributed by atoms with Gasteiger partial charge in [0.1, 0.15) is 22.3 Å². The van der Waals surface area contributed by atoms with Crippen molar-refractivity contribution >= 4 is 21.9 Å². The van der Waals surface area contributed by atoms with Gasteiger partial charge in [0.2, 0.25) is 5.78 Å². The Balaban J connectivity index is 0. The summed E-state index contributed by atoms with van der Waals surface area (Å²) < 4.78 is 0. The molecule has 0 aromatic rings. The second kappa shape index (κ2) is 10.1. The summed E-state index contributed by atoms with van der Waals surface area (Å²) in [6, 6.07) is 0. The number of Topliss-reactive ketones (excluding diaryl/α,β-unsaturated/α-hetero) is 1. The molecule has 0 unspecified atom stereocenters. The minimum absolute atomic E-state index is 0.0545. The van der Waals surface area contributed by atoms with Crippen LogP contribution in [0.15, 0.2) is 0 Å². The third kappa shape index (κ3) is 17.2. The molecular formula is C18H34O2Si2. The second-order valence-corrected chi connectivity index (χ2v) is 17.7. The average Bonchev–Trinajstić information content (AvgIpc) is 2.31. The van der Waals surface area contributed by atoms with Crippen molar-refractivity contribution in [2.75, 3.05) is 0 Å². The molecule has 126 valence electrons. The van der Waals surface area contributed by atoms with E-state index in [1.807, 2.05) is 27.7 Å². The summed E-state index contributed by atoms with van der Waals surface area (Å²) in [7, 11) is -2.63. The monoisotopic (exact) mass is 338 g/mol. The van der Waals surface area contributed by atoms with E-state index in [2.05, 4.69) is 62.2 Å². The molecule has 4 heteroatoms. The fourth-order valence-electron chi connectivity index (χ4n) is 0.851. The Bertz CT molecular complexity index is 458. The van der Waals surface area contributed by atoms with E-state index in [1.165, 1.54) is 0 Å². The number of ketones is 1. The van der Waals surface area contributed by atoms with E-state index in [1.54, 1.807) is 0 Å². The molecule has 0 aliphatic heterocycles. The van der Waals surface area contributed by atoms with Crippen LogP contribution in [-0.4, -0.2) is 33.1 Å². The van der Waals surface area contributed by atoms with Gasteiger partial charge in [0.15, 0.2) is 0 Å². The molecule has 0 rings (SSSR count). The van der Waals surface area contributed by atoms with Gasteiger partial charge in [-0.05, 0) is 11.8 Å². The number of aliphatic hydroxyl groups is 1. The van der Waals surface area contributed by atoms with E-state index < -0.39 is 22.3 Å². The number of rotatable bonds is 2. The van der Waals surface area contributed by atoms with Crippen LogP contribution in [0.3, 0.4) is 0 Å². The zero-order valence-corrected chi connectivity index (χ0v) is 18.1. The maximum absolute atomic E-state index is 11.0. The summed E-state index contributed by atoms with van der Waals surface area (Å²) in [6.45, 7) is 20.6. The summed E-state index contributed by atoms with van der Waals surface area (Å²) in [4.78, 5) is 11.0. The lowest BCUT2D eigenvalue weighted by Crippen LogP contribution is -2.19. The summed E-state index contributed by atoms with van der Waals surface area (Å²) in [5, 5.41) is 9.34. The van der Waals surface area contributed by atoms with E-state index in [9.17, 15) is 9.90 Å². The lowest BCUT2D eigenvalue weighted by Gasteiger charge is -2.08. The van der Waals surface area contributed by atoms with Crippen LogP contribution >= 0.6 is 0 Å². The minimum atomic E-state index is -1.35. The molecule has 0 aliphatic carbocycles. The highest BCUT2D eigenvalue weighted by atomic mass is 28.3. The standard InChI is InChI=1S/C9H18OSi.C9H16OSi/c2*1-8(2)9(10)6-7-11(3,4)5/h8-10H,1-5H3;8H,1-5H3/t9-;/m0./s1. The fourth-order valence-corrected chi connectivity index (χ4v) is 1.93. The van der Waals surface area contributed by atoms with Gasteiger partial charge in [-0.2, -0.15) is 0 Å². The molecular weight excluding hydrogens is 304 g/mol. The first-order chi connectivity index (χ1) is 9.65. The molecule has 0 spiro atoms. The predicted molar refractivity (Wildman–Crippen MR) is 103 cm³/mol. The molecule has 0 heterocycles. The van der Waals surface area contributed by atoms with Gasteiger partial charge in [0.25, 0.3) is 0 Å². The molecule has 22 heavy (non-hydrogen) atoms. The third-order valence-corrected chi connectivity index (χ3v) is 4.08. The van der Waals surface area contributed by atoms with Crippen LogP contribution in [-0.2, 0) is 4.79 Å². The van der Waals surface area contributed by atoms with Crippen LogP contribution in [0.2, 0.25) is 39.3 Å². The average molecular weight is 339 g/mol. The van der Waals surface area contributed by atoms with E-state index >= 15 is 0 Å². The second-order valence-electron chi connectivity index (χ2n) is 8.23. The SMILES string of the molecule is CC(C)C(=O)C#C[Si](C)(C)C.CC(C)[C@@H](O)C#C[Si](C)(C)C. The van der Waals surface area contributed by atoms with Crippen molar-refractivity contribution in [3.05, 3.63) is 0 Å². The lowest BCUT2D eigenvalue weighted by atomic mass is 10.1. The third-order valence-electron chi connectivity index (χ3n) is 2.31. The van der Waals surface area contributed by atoms with Gasteiger partial charge in [0, 0.05) is 5.92 Å². The van der Waals surface area contributed by atoms with Crippen molar-refractivity contribution in [2.45, 2.75) is 73.1 Å². The summed E-state index contributed by atoms with van der Waals surface area (Å²) in [6.07, 6.45) is -0.443. The van der Waals surface area contributed by atoms with Crippen molar-refractivity contribution in [1.29, 1.82) is 0 Å². The van der Waals surface area contributed by atoms with Crippen molar-refractivity contribution in [3.63, 3.8) is 0 Å². The summed E-state index contributed by atoms with van der Waals surface area (Å²) >= 11 is 0. The van der Waals surface area contributed by atoms with Crippen LogP contribution in [0.1, 0.15) is 27.7 Å². The molecule has 0 aromatic heterocycles. The Morgan fingerprint density at radius 1 is 0.864 bits per heavy atom.